The zero-order valence-corrected chi connectivity index (χ0v) is 15.7. The SMILES string of the molecule is C[C@@H](NC(=O)c1csc(-c2ccnc(N3CCOCC3)c2)n1)c1ccco1. The van der Waals surface area contributed by atoms with Gasteiger partial charge in [0, 0.05) is 30.2 Å². The van der Waals surface area contributed by atoms with E-state index < -0.39 is 0 Å². The smallest absolute Gasteiger partial charge is 0.271 e. The third-order valence-corrected chi connectivity index (χ3v) is 5.27. The molecule has 8 heteroatoms. The number of rotatable bonds is 5. The summed E-state index contributed by atoms with van der Waals surface area (Å²) in [6, 6.07) is 7.34. The maximum absolute atomic E-state index is 12.5. The van der Waals surface area contributed by atoms with Crippen LogP contribution in [-0.2, 0) is 4.74 Å². The van der Waals surface area contributed by atoms with Gasteiger partial charge in [-0.2, -0.15) is 0 Å². The summed E-state index contributed by atoms with van der Waals surface area (Å²) < 4.78 is 10.7. The molecule has 1 fully saturated rings. The molecular weight excluding hydrogens is 364 g/mol. The van der Waals surface area contributed by atoms with Crippen molar-refractivity contribution in [3.05, 3.63) is 53.6 Å². The first-order valence-electron chi connectivity index (χ1n) is 8.79. The van der Waals surface area contributed by atoms with Gasteiger partial charge < -0.3 is 19.4 Å². The van der Waals surface area contributed by atoms with Gasteiger partial charge in [0.2, 0.25) is 0 Å². The topological polar surface area (TPSA) is 80.5 Å². The van der Waals surface area contributed by atoms with Crippen molar-refractivity contribution in [3.63, 3.8) is 0 Å². The van der Waals surface area contributed by atoms with Gasteiger partial charge in [0.25, 0.3) is 5.91 Å². The van der Waals surface area contributed by atoms with E-state index in [1.54, 1.807) is 23.9 Å². The van der Waals surface area contributed by atoms with E-state index in [2.05, 4.69) is 20.2 Å². The first-order chi connectivity index (χ1) is 13.2. The average Bonchev–Trinajstić information content (AvgIpc) is 3.41. The Kier molecular flexibility index (Phi) is 5.17. The predicted molar refractivity (Wildman–Crippen MR) is 103 cm³/mol. The number of morpholine rings is 1. The van der Waals surface area contributed by atoms with Crippen molar-refractivity contribution >= 4 is 23.1 Å². The summed E-state index contributed by atoms with van der Waals surface area (Å²) in [5.41, 5.74) is 1.35. The number of aromatic nitrogens is 2. The Morgan fingerprint density at radius 2 is 2.19 bits per heavy atom. The molecule has 4 heterocycles. The Balaban J connectivity index is 1.48. The van der Waals surface area contributed by atoms with E-state index in [1.165, 1.54) is 11.3 Å². The molecule has 27 heavy (non-hydrogen) atoms. The van der Waals surface area contributed by atoms with Crippen LogP contribution in [0.1, 0.15) is 29.2 Å². The van der Waals surface area contributed by atoms with Gasteiger partial charge >= 0.3 is 0 Å². The van der Waals surface area contributed by atoms with Crippen LogP contribution in [0.2, 0.25) is 0 Å². The van der Waals surface area contributed by atoms with Crippen molar-refractivity contribution in [3.8, 4) is 10.6 Å². The Labute approximate surface area is 161 Å². The molecule has 3 aromatic heterocycles. The molecule has 0 spiro atoms. The molecule has 0 saturated carbocycles. The normalized spacial score (nSPS) is 15.5. The molecule has 1 atom stereocenters. The molecule has 0 radical (unpaired) electrons. The fourth-order valence-electron chi connectivity index (χ4n) is 2.91. The minimum Gasteiger partial charge on any atom is -0.467 e. The van der Waals surface area contributed by atoms with E-state index in [-0.39, 0.29) is 11.9 Å². The standard InChI is InChI=1S/C19H20N4O3S/c1-13(16-3-2-8-26-16)21-18(24)15-12-27-19(22-15)14-4-5-20-17(11-14)23-6-9-25-10-7-23/h2-5,8,11-13H,6-7,9-10H2,1H3,(H,21,24)/t13-/m1/s1. The van der Waals surface area contributed by atoms with Gasteiger partial charge in [0.05, 0.1) is 25.5 Å². The number of amides is 1. The maximum Gasteiger partial charge on any atom is 0.271 e. The Hall–Kier alpha value is -2.71. The number of hydrogen-bond acceptors (Lipinski definition) is 7. The summed E-state index contributed by atoms with van der Waals surface area (Å²) in [5, 5.41) is 5.47. The van der Waals surface area contributed by atoms with E-state index in [9.17, 15) is 4.79 Å². The van der Waals surface area contributed by atoms with Crippen molar-refractivity contribution in [2.75, 3.05) is 31.2 Å². The summed E-state index contributed by atoms with van der Waals surface area (Å²) in [4.78, 5) is 23.6. The summed E-state index contributed by atoms with van der Waals surface area (Å²) >= 11 is 1.44. The van der Waals surface area contributed by atoms with Crippen LogP contribution in [0.5, 0.6) is 0 Å². The van der Waals surface area contributed by atoms with Crippen LogP contribution in [0, 0.1) is 0 Å². The molecule has 0 aromatic carbocycles. The van der Waals surface area contributed by atoms with Crippen molar-refractivity contribution < 1.29 is 13.9 Å². The minimum atomic E-state index is -0.219. The lowest BCUT2D eigenvalue weighted by Gasteiger charge is -2.27. The van der Waals surface area contributed by atoms with Gasteiger partial charge in [-0.25, -0.2) is 9.97 Å². The summed E-state index contributed by atoms with van der Waals surface area (Å²) in [6.45, 7) is 4.95. The fourth-order valence-corrected chi connectivity index (χ4v) is 3.70. The second-order valence-electron chi connectivity index (χ2n) is 6.25. The molecule has 1 aliphatic rings. The lowest BCUT2D eigenvalue weighted by Crippen LogP contribution is -2.36. The molecule has 7 nitrogen and oxygen atoms in total. The molecule has 0 bridgehead atoms. The van der Waals surface area contributed by atoms with Gasteiger partial charge in [-0.05, 0) is 31.2 Å². The van der Waals surface area contributed by atoms with Crippen LogP contribution in [0.3, 0.4) is 0 Å². The quantitative estimate of drug-likeness (QED) is 0.728. The number of thiazole rings is 1. The largest absolute Gasteiger partial charge is 0.467 e. The number of nitrogens with zero attached hydrogens (tertiary/aromatic N) is 3. The molecule has 0 aliphatic carbocycles. The van der Waals surface area contributed by atoms with Crippen LogP contribution in [0.25, 0.3) is 10.6 Å². The number of nitrogens with one attached hydrogen (secondary N) is 1. The van der Waals surface area contributed by atoms with Gasteiger partial charge in [0.1, 0.15) is 22.3 Å². The fraction of sp³-hybridized carbons (Fsp3) is 0.316. The predicted octanol–water partition coefficient (Wildman–Crippen LogP) is 3.13. The van der Waals surface area contributed by atoms with Crippen LogP contribution in [0.4, 0.5) is 5.82 Å². The molecule has 3 aromatic rings. The lowest BCUT2D eigenvalue weighted by molar-refractivity contribution is 0.0931. The molecular formula is C19H20N4O3S. The number of pyridine rings is 1. The van der Waals surface area contributed by atoms with E-state index in [0.717, 1.165) is 29.5 Å². The third kappa shape index (κ3) is 4.01. The van der Waals surface area contributed by atoms with Crippen LogP contribution in [0.15, 0.2) is 46.5 Å². The van der Waals surface area contributed by atoms with Crippen LogP contribution < -0.4 is 10.2 Å². The molecule has 1 saturated heterocycles. The second kappa shape index (κ2) is 7.89. The van der Waals surface area contributed by atoms with Crippen molar-refractivity contribution in [2.24, 2.45) is 0 Å². The van der Waals surface area contributed by atoms with E-state index in [1.807, 2.05) is 25.1 Å². The first kappa shape index (κ1) is 17.7. The number of anilines is 1. The van der Waals surface area contributed by atoms with E-state index >= 15 is 0 Å². The van der Waals surface area contributed by atoms with E-state index in [0.29, 0.717) is 24.7 Å². The van der Waals surface area contributed by atoms with Crippen LogP contribution >= 0.6 is 11.3 Å². The van der Waals surface area contributed by atoms with Gasteiger partial charge in [-0.1, -0.05) is 0 Å². The molecule has 0 unspecified atom stereocenters. The number of carbonyl (C=O) groups is 1. The highest BCUT2D eigenvalue weighted by Crippen LogP contribution is 2.27. The van der Waals surface area contributed by atoms with Crippen molar-refractivity contribution in [1.82, 2.24) is 15.3 Å². The van der Waals surface area contributed by atoms with Gasteiger partial charge in [0.15, 0.2) is 0 Å². The van der Waals surface area contributed by atoms with Crippen molar-refractivity contribution in [1.29, 1.82) is 0 Å². The molecule has 1 aliphatic heterocycles. The number of furan rings is 1. The number of carbonyl (C=O) groups excluding carboxylic acids is 1. The van der Waals surface area contributed by atoms with E-state index in [4.69, 9.17) is 9.15 Å². The molecule has 1 amide bonds. The first-order valence-corrected chi connectivity index (χ1v) is 9.67. The third-order valence-electron chi connectivity index (χ3n) is 4.38. The molecule has 1 N–H and O–H groups in total. The number of hydrogen-bond donors (Lipinski definition) is 1. The highest BCUT2D eigenvalue weighted by atomic mass is 32.1. The van der Waals surface area contributed by atoms with Crippen LogP contribution in [-0.4, -0.2) is 42.2 Å². The summed E-state index contributed by atoms with van der Waals surface area (Å²) in [6.07, 6.45) is 3.37. The Bertz CT molecular complexity index is 903. The zero-order valence-electron chi connectivity index (χ0n) is 14.9. The number of ether oxygens (including phenoxy) is 1. The zero-order chi connectivity index (χ0) is 18.6. The monoisotopic (exact) mass is 384 g/mol. The average molecular weight is 384 g/mol. The molecule has 140 valence electrons. The highest BCUT2D eigenvalue weighted by Gasteiger charge is 2.18. The second-order valence-corrected chi connectivity index (χ2v) is 7.11. The Morgan fingerprint density at radius 1 is 1.33 bits per heavy atom. The minimum absolute atomic E-state index is 0.216. The van der Waals surface area contributed by atoms with Gasteiger partial charge in [-0.15, -0.1) is 11.3 Å². The van der Waals surface area contributed by atoms with Gasteiger partial charge in [-0.3, -0.25) is 4.79 Å². The summed E-state index contributed by atoms with van der Waals surface area (Å²) in [7, 11) is 0. The molecule has 4 rings (SSSR count). The maximum atomic E-state index is 12.5. The van der Waals surface area contributed by atoms with Crippen molar-refractivity contribution in [2.45, 2.75) is 13.0 Å². The highest BCUT2D eigenvalue weighted by molar-refractivity contribution is 7.13. The summed E-state index contributed by atoms with van der Waals surface area (Å²) in [5.74, 6) is 1.40. The lowest BCUT2D eigenvalue weighted by atomic mass is 10.2. The Morgan fingerprint density at radius 3 is 2.96 bits per heavy atom.